The number of nitrogens with zero attached hydrogens (tertiary/aromatic N) is 6. The monoisotopic (exact) mass is 422 g/mol. The molecule has 1 fully saturated rings. The third kappa shape index (κ3) is 3.86. The van der Waals surface area contributed by atoms with Crippen molar-refractivity contribution in [1.29, 1.82) is 0 Å². The summed E-state index contributed by atoms with van der Waals surface area (Å²) in [4.78, 5) is 16.8. The maximum absolute atomic E-state index is 12.9. The van der Waals surface area contributed by atoms with Gasteiger partial charge < -0.3 is 19.1 Å². The minimum Gasteiger partial charge on any atom is -0.392 e. The number of hydrogen-bond donors (Lipinski definition) is 1. The zero-order valence-electron chi connectivity index (χ0n) is 17.5. The number of carbonyl (C=O) groups excluding carboxylic acids is 1. The number of rotatable bonds is 5. The molecule has 1 aromatic carbocycles. The minimum absolute atomic E-state index is 0.0727. The molecule has 0 bridgehead atoms. The zero-order valence-corrected chi connectivity index (χ0v) is 17.5. The molecule has 0 saturated carbocycles. The van der Waals surface area contributed by atoms with E-state index in [0.717, 1.165) is 28.5 Å². The van der Waals surface area contributed by atoms with Gasteiger partial charge in [-0.2, -0.15) is 0 Å². The van der Waals surface area contributed by atoms with Gasteiger partial charge in [-0.05, 0) is 19.9 Å². The van der Waals surface area contributed by atoms with Gasteiger partial charge in [0.15, 0.2) is 11.6 Å². The van der Waals surface area contributed by atoms with Crippen molar-refractivity contribution in [3.05, 3.63) is 53.8 Å². The van der Waals surface area contributed by atoms with E-state index in [0.29, 0.717) is 45.4 Å². The minimum atomic E-state index is -0.331. The van der Waals surface area contributed by atoms with E-state index >= 15 is 0 Å². The van der Waals surface area contributed by atoms with Crippen molar-refractivity contribution in [2.45, 2.75) is 44.5 Å². The lowest BCUT2D eigenvalue weighted by Crippen LogP contribution is -2.39. The SMILES string of the molecule is CN1C[C@H](O)C[C@H]1c1nnc2n1CCN(C(=O)CCc1conc1-c1ccccc1)C2. The number of likely N-dealkylation sites (tertiary alicyclic amines) is 1. The molecule has 0 aliphatic carbocycles. The molecule has 1 saturated heterocycles. The molecule has 1 amide bonds. The Morgan fingerprint density at radius 3 is 2.84 bits per heavy atom. The van der Waals surface area contributed by atoms with Crippen LogP contribution in [0.15, 0.2) is 41.1 Å². The highest BCUT2D eigenvalue weighted by molar-refractivity contribution is 5.77. The molecule has 3 aromatic rings. The molecule has 9 nitrogen and oxygen atoms in total. The Morgan fingerprint density at radius 1 is 1.23 bits per heavy atom. The van der Waals surface area contributed by atoms with E-state index in [2.05, 4.69) is 24.8 Å². The molecule has 162 valence electrons. The Hall–Kier alpha value is -3.04. The van der Waals surface area contributed by atoms with Crippen molar-refractivity contribution in [2.75, 3.05) is 20.1 Å². The Balaban J connectivity index is 1.23. The van der Waals surface area contributed by atoms with Crippen LogP contribution in [-0.4, -0.2) is 67.0 Å². The number of β-amino-alcohol motifs (C(OH)–C–C–N with tert-alkyl or cyclic N) is 1. The van der Waals surface area contributed by atoms with E-state index in [4.69, 9.17) is 4.52 Å². The number of hydrogen-bond acceptors (Lipinski definition) is 7. The van der Waals surface area contributed by atoms with Gasteiger partial charge in [-0.25, -0.2) is 0 Å². The lowest BCUT2D eigenvalue weighted by Gasteiger charge is -2.29. The second-order valence-corrected chi connectivity index (χ2v) is 8.34. The first-order valence-electron chi connectivity index (χ1n) is 10.7. The average Bonchev–Trinajstić information content (AvgIpc) is 3.50. The number of likely N-dealkylation sites (N-methyl/N-ethyl adjacent to an activating group) is 1. The normalized spacial score (nSPS) is 21.4. The molecule has 1 N–H and O–H groups in total. The van der Waals surface area contributed by atoms with Crippen molar-refractivity contribution < 1.29 is 14.4 Å². The fourth-order valence-corrected chi connectivity index (χ4v) is 4.58. The first-order chi connectivity index (χ1) is 15.1. The number of aliphatic hydroxyl groups excluding tert-OH is 1. The first-order valence-corrected chi connectivity index (χ1v) is 10.7. The molecule has 31 heavy (non-hydrogen) atoms. The van der Waals surface area contributed by atoms with E-state index in [1.807, 2.05) is 42.3 Å². The number of benzene rings is 1. The Bertz CT molecular complexity index is 1060. The summed E-state index contributed by atoms with van der Waals surface area (Å²) < 4.78 is 7.28. The Labute approximate surface area is 180 Å². The summed E-state index contributed by atoms with van der Waals surface area (Å²) in [7, 11) is 2.00. The van der Waals surface area contributed by atoms with Crippen molar-refractivity contribution in [1.82, 2.24) is 29.7 Å². The molecule has 2 aliphatic heterocycles. The van der Waals surface area contributed by atoms with E-state index in [-0.39, 0.29) is 18.1 Å². The van der Waals surface area contributed by atoms with Crippen LogP contribution in [0, 0.1) is 0 Å². The topological polar surface area (TPSA) is 101 Å². The number of aliphatic hydroxyl groups is 1. The third-order valence-corrected chi connectivity index (χ3v) is 6.26. The highest BCUT2D eigenvalue weighted by atomic mass is 16.5. The van der Waals surface area contributed by atoms with Gasteiger partial charge in [0.1, 0.15) is 12.0 Å². The van der Waals surface area contributed by atoms with Gasteiger partial charge in [0.2, 0.25) is 5.91 Å². The van der Waals surface area contributed by atoms with Crippen LogP contribution in [0.2, 0.25) is 0 Å². The maximum atomic E-state index is 12.9. The van der Waals surface area contributed by atoms with Gasteiger partial charge in [-0.1, -0.05) is 35.5 Å². The van der Waals surface area contributed by atoms with Gasteiger partial charge in [0, 0.05) is 37.2 Å². The van der Waals surface area contributed by atoms with Gasteiger partial charge in [0.25, 0.3) is 0 Å². The van der Waals surface area contributed by atoms with Gasteiger partial charge in [-0.15, -0.1) is 10.2 Å². The molecular formula is C22H26N6O3. The maximum Gasteiger partial charge on any atom is 0.223 e. The Kier molecular flexibility index (Phi) is 5.29. The van der Waals surface area contributed by atoms with Gasteiger partial charge in [0.05, 0.1) is 18.7 Å². The molecule has 0 unspecified atom stereocenters. The summed E-state index contributed by atoms with van der Waals surface area (Å²) in [6.07, 6.45) is 2.93. The van der Waals surface area contributed by atoms with Crippen LogP contribution < -0.4 is 0 Å². The van der Waals surface area contributed by atoms with Crippen LogP contribution in [0.4, 0.5) is 0 Å². The summed E-state index contributed by atoms with van der Waals surface area (Å²) in [6, 6.07) is 9.92. The quantitative estimate of drug-likeness (QED) is 0.667. The molecule has 5 rings (SSSR count). The van der Waals surface area contributed by atoms with Crippen molar-refractivity contribution in [3.63, 3.8) is 0 Å². The predicted octanol–water partition coefficient (Wildman–Crippen LogP) is 1.65. The lowest BCUT2D eigenvalue weighted by molar-refractivity contribution is -0.132. The number of aryl methyl sites for hydroxylation is 1. The molecule has 0 radical (unpaired) electrons. The van der Waals surface area contributed by atoms with Crippen LogP contribution >= 0.6 is 0 Å². The smallest absolute Gasteiger partial charge is 0.223 e. The summed E-state index contributed by atoms with van der Waals surface area (Å²) in [6.45, 7) is 2.41. The highest BCUT2D eigenvalue weighted by Gasteiger charge is 2.35. The second-order valence-electron chi connectivity index (χ2n) is 8.34. The van der Waals surface area contributed by atoms with Crippen molar-refractivity contribution in [3.8, 4) is 11.3 Å². The molecule has 2 aromatic heterocycles. The lowest BCUT2D eigenvalue weighted by atomic mass is 10.0. The number of amides is 1. The van der Waals surface area contributed by atoms with Crippen molar-refractivity contribution in [2.24, 2.45) is 0 Å². The fraction of sp³-hybridized carbons (Fsp3) is 0.455. The van der Waals surface area contributed by atoms with E-state index in [1.54, 1.807) is 6.26 Å². The van der Waals surface area contributed by atoms with Crippen LogP contribution in [-0.2, 0) is 24.3 Å². The molecule has 9 heteroatoms. The van der Waals surface area contributed by atoms with Crippen LogP contribution in [0.5, 0.6) is 0 Å². The summed E-state index contributed by atoms with van der Waals surface area (Å²) in [5.74, 6) is 1.78. The molecule has 2 atom stereocenters. The Morgan fingerprint density at radius 2 is 2.06 bits per heavy atom. The predicted molar refractivity (Wildman–Crippen MR) is 112 cm³/mol. The molecular weight excluding hydrogens is 396 g/mol. The highest BCUT2D eigenvalue weighted by Crippen LogP contribution is 2.31. The van der Waals surface area contributed by atoms with Gasteiger partial charge >= 0.3 is 0 Å². The number of aromatic nitrogens is 4. The summed E-state index contributed by atoms with van der Waals surface area (Å²) >= 11 is 0. The average molecular weight is 422 g/mol. The second kappa shape index (κ2) is 8.24. The first kappa shape index (κ1) is 19.9. The number of fused-ring (bicyclic) bond motifs is 1. The largest absolute Gasteiger partial charge is 0.392 e. The standard InChI is InChI=1S/C22H26N6O3/c1-26-12-17(29)11-18(26)22-24-23-19-13-27(9-10-28(19)22)20(30)8-7-16-14-31-25-21(16)15-5-3-2-4-6-15/h2-6,14,17-18,29H,7-13H2,1H3/t17-,18+/m1/s1. The molecule has 4 heterocycles. The van der Waals surface area contributed by atoms with E-state index < -0.39 is 0 Å². The van der Waals surface area contributed by atoms with E-state index in [1.165, 1.54) is 0 Å². The van der Waals surface area contributed by atoms with Crippen LogP contribution in [0.1, 0.15) is 36.1 Å². The van der Waals surface area contributed by atoms with Crippen LogP contribution in [0.25, 0.3) is 11.3 Å². The van der Waals surface area contributed by atoms with Crippen LogP contribution in [0.3, 0.4) is 0 Å². The zero-order chi connectivity index (χ0) is 21.4. The fourth-order valence-electron chi connectivity index (χ4n) is 4.58. The number of carbonyl (C=O) groups is 1. The third-order valence-electron chi connectivity index (χ3n) is 6.26. The van der Waals surface area contributed by atoms with Crippen molar-refractivity contribution >= 4 is 5.91 Å². The molecule has 0 spiro atoms. The molecule has 2 aliphatic rings. The summed E-state index contributed by atoms with van der Waals surface area (Å²) in [5, 5.41) is 22.8. The van der Waals surface area contributed by atoms with E-state index in [9.17, 15) is 9.90 Å². The summed E-state index contributed by atoms with van der Waals surface area (Å²) in [5.41, 5.74) is 2.71. The van der Waals surface area contributed by atoms with Gasteiger partial charge in [-0.3, -0.25) is 9.69 Å².